The van der Waals surface area contributed by atoms with Crippen molar-refractivity contribution in [1.29, 1.82) is 0 Å². The number of urea groups is 1. The summed E-state index contributed by atoms with van der Waals surface area (Å²) in [7, 11) is 0. The zero-order chi connectivity index (χ0) is 31.4. The normalized spacial score (nSPS) is 16.3. The van der Waals surface area contributed by atoms with Crippen LogP contribution in [-0.4, -0.2) is 65.6 Å². The van der Waals surface area contributed by atoms with Crippen LogP contribution in [0.2, 0.25) is 0 Å². The predicted molar refractivity (Wildman–Crippen MR) is 170 cm³/mol. The molecule has 3 amide bonds. The Kier molecular flexibility index (Phi) is 13.5. The van der Waals surface area contributed by atoms with Crippen molar-refractivity contribution in [2.45, 2.75) is 97.8 Å². The highest BCUT2D eigenvalue weighted by atomic mass is 16.5. The van der Waals surface area contributed by atoms with Gasteiger partial charge in [-0.25, -0.2) is 4.79 Å². The van der Waals surface area contributed by atoms with E-state index in [-0.39, 0.29) is 42.6 Å². The van der Waals surface area contributed by atoms with E-state index in [9.17, 15) is 19.5 Å². The van der Waals surface area contributed by atoms with Gasteiger partial charge in [-0.2, -0.15) is 0 Å². The van der Waals surface area contributed by atoms with Crippen molar-refractivity contribution in [2.24, 2.45) is 11.8 Å². The minimum Gasteiger partial charge on any atom is -0.483 e. The number of carbonyl (C=O) groups excluding carboxylic acids is 3. The smallest absolute Gasteiger partial charge is 0.318 e. The molecule has 0 saturated carbocycles. The lowest BCUT2D eigenvalue weighted by atomic mass is 9.84. The van der Waals surface area contributed by atoms with Crippen LogP contribution in [0, 0.1) is 25.7 Å². The maximum atomic E-state index is 13.7. The van der Waals surface area contributed by atoms with Gasteiger partial charge in [0.2, 0.25) is 0 Å². The van der Waals surface area contributed by atoms with Crippen molar-refractivity contribution in [2.75, 3.05) is 19.7 Å². The maximum absolute atomic E-state index is 13.7. The number of benzene rings is 2. The summed E-state index contributed by atoms with van der Waals surface area (Å²) in [6.07, 6.45) is 3.75. The number of aliphatic hydroxyl groups is 1. The van der Waals surface area contributed by atoms with Gasteiger partial charge in [-0.3, -0.25) is 9.59 Å². The molecule has 8 heteroatoms. The van der Waals surface area contributed by atoms with Crippen molar-refractivity contribution in [3.05, 3.63) is 65.2 Å². The minimum absolute atomic E-state index is 0.0184. The van der Waals surface area contributed by atoms with Crippen molar-refractivity contribution in [3.8, 4) is 5.75 Å². The Morgan fingerprint density at radius 3 is 2.40 bits per heavy atom. The minimum atomic E-state index is -0.866. The van der Waals surface area contributed by atoms with E-state index in [4.69, 9.17) is 4.74 Å². The van der Waals surface area contributed by atoms with Gasteiger partial charge in [0.25, 0.3) is 5.91 Å². The van der Waals surface area contributed by atoms with Crippen LogP contribution < -0.4 is 15.4 Å². The lowest BCUT2D eigenvalue weighted by molar-refractivity contribution is -0.127. The molecule has 236 valence electrons. The van der Waals surface area contributed by atoms with Gasteiger partial charge in [0.05, 0.1) is 18.2 Å². The zero-order valence-electron chi connectivity index (χ0n) is 26.6. The number of nitrogens with one attached hydrogen (secondary N) is 2. The van der Waals surface area contributed by atoms with Crippen molar-refractivity contribution < 1.29 is 24.2 Å². The van der Waals surface area contributed by atoms with E-state index in [0.717, 1.165) is 42.4 Å². The highest BCUT2D eigenvalue weighted by Crippen LogP contribution is 2.26. The number of nitrogens with zero attached hydrogens (tertiary/aromatic N) is 1. The van der Waals surface area contributed by atoms with E-state index in [2.05, 4.69) is 17.6 Å². The molecule has 1 aliphatic heterocycles. The van der Waals surface area contributed by atoms with Gasteiger partial charge in [-0.1, -0.05) is 82.1 Å². The molecule has 2 aromatic rings. The van der Waals surface area contributed by atoms with E-state index in [1.54, 1.807) is 4.90 Å². The number of ether oxygens (including phenoxy) is 1. The number of para-hydroxylation sites is 1. The molecule has 4 atom stereocenters. The molecule has 3 rings (SSSR count). The first-order chi connectivity index (χ1) is 20.6. The average molecular weight is 594 g/mol. The second-order valence-corrected chi connectivity index (χ2v) is 12.3. The quantitative estimate of drug-likeness (QED) is 0.229. The number of Topliss-reactive ketones (excluding diaryl/α,β-unsaturated/α-hetero) is 1. The monoisotopic (exact) mass is 593 g/mol. The molecule has 0 spiro atoms. The largest absolute Gasteiger partial charge is 0.483 e. The molecule has 8 nitrogen and oxygen atoms in total. The standard InChI is InChI=1S/C35H51N3O5/c1-6-7-15-28(22-31(40)33(24(2)3)38-19-12-18-36-35(38)42)21-30(39)29(20-27-16-9-8-10-17-27)37-32(41)23-43-34-25(4)13-11-14-26(34)5/h8-11,13-14,16-17,24,28-30,33,39H,6-7,12,15,18-23H2,1-5H3,(H,36,42)(H,37,41)/t28-,29-,30-,33-/m0/s1. The van der Waals surface area contributed by atoms with Crippen LogP contribution in [0.3, 0.4) is 0 Å². The van der Waals surface area contributed by atoms with Crippen LogP contribution in [-0.2, 0) is 16.0 Å². The molecule has 1 heterocycles. The lowest BCUT2D eigenvalue weighted by Crippen LogP contribution is -2.55. The van der Waals surface area contributed by atoms with Gasteiger partial charge < -0.3 is 25.4 Å². The summed E-state index contributed by atoms with van der Waals surface area (Å²) < 4.78 is 5.89. The number of aryl methyl sites for hydroxylation is 2. The number of amides is 3. The summed E-state index contributed by atoms with van der Waals surface area (Å²) in [6.45, 7) is 11.0. The van der Waals surface area contributed by atoms with E-state index in [1.165, 1.54) is 0 Å². The summed E-state index contributed by atoms with van der Waals surface area (Å²) in [4.78, 5) is 41.1. The fraction of sp³-hybridized carbons (Fsp3) is 0.571. The molecule has 1 saturated heterocycles. The molecule has 2 aromatic carbocycles. The Labute approximate surface area is 257 Å². The highest BCUT2D eigenvalue weighted by Gasteiger charge is 2.35. The number of hydrogen-bond donors (Lipinski definition) is 3. The Balaban J connectivity index is 1.73. The summed E-state index contributed by atoms with van der Waals surface area (Å²) in [6, 6.07) is 14.4. The summed E-state index contributed by atoms with van der Waals surface area (Å²) in [5, 5.41) is 17.5. The first-order valence-electron chi connectivity index (χ1n) is 15.9. The first kappa shape index (κ1) is 34.1. The third-order valence-corrected chi connectivity index (χ3v) is 8.31. The van der Waals surface area contributed by atoms with Gasteiger partial charge in [-0.05, 0) is 68.1 Å². The molecular weight excluding hydrogens is 542 g/mol. The van der Waals surface area contributed by atoms with Crippen LogP contribution in [0.5, 0.6) is 5.75 Å². The topological polar surface area (TPSA) is 108 Å². The van der Waals surface area contributed by atoms with Crippen LogP contribution in [0.25, 0.3) is 0 Å². The van der Waals surface area contributed by atoms with Gasteiger partial charge in [0.15, 0.2) is 12.4 Å². The fourth-order valence-corrected chi connectivity index (χ4v) is 6.09. The molecule has 0 bridgehead atoms. The molecule has 1 fully saturated rings. The summed E-state index contributed by atoms with van der Waals surface area (Å²) >= 11 is 0. The predicted octanol–water partition coefficient (Wildman–Crippen LogP) is 5.37. The second-order valence-electron chi connectivity index (χ2n) is 12.3. The third-order valence-electron chi connectivity index (χ3n) is 8.31. The number of rotatable bonds is 17. The first-order valence-corrected chi connectivity index (χ1v) is 15.9. The lowest BCUT2D eigenvalue weighted by Gasteiger charge is -2.37. The van der Waals surface area contributed by atoms with E-state index in [1.807, 2.05) is 76.2 Å². The van der Waals surface area contributed by atoms with Gasteiger partial charge in [0.1, 0.15) is 5.75 Å². The number of unbranched alkanes of at least 4 members (excludes halogenated alkanes) is 1. The van der Waals surface area contributed by atoms with E-state index >= 15 is 0 Å². The molecule has 0 radical (unpaired) electrons. The Hall–Kier alpha value is -3.39. The van der Waals surface area contributed by atoms with Crippen LogP contribution in [0.1, 0.15) is 76.0 Å². The highest BCUT2D eigenvalue weighted by molar-refractivity contribution is 5.89. The summed E-state index contributed by atoms with van der Waals surface area (Å²) in [5.74, 6) is 0.330. The van der Waals surface area contributed by atoms with E-state index in [0.29, 0.717) is 31.7 Å². The third kappa shape index (κ3) is 10.4. The molecule has 43 heavy (non-hydrogen) atoms. The van der Waals surface area contributed by atoms with Gasteiger partial charge in [0, 0.05) is 19.5 Å². The molecule has 0 aromatic heterocycles. The molecule has 3 N–H and O–H groups in total. The zero-order valence-corrected chi connectivity index (χ0v) is 26.6. The van der Waals surface area contributed by atoms with E-state index < -0.39 is 18.2 Å². The maximum Gasteiger partial charge on any atom is 0.318 e. The number of aliphatic hydroxyl groups excluding tert-OH is 1. The Morgan fingerprint density at radius 2 is 1.77 bits per heavy atom. The molecular formula is C35H51N3O5. The second kappa shape index (κ2) is 17.0. The molecule has 1 aliphatic rings. The summed E-state index contributed by atoms with van der Waals surface area (Å²) in [5.41, 5.74) is 2.91. The number of hydrogen-bond acceptors (Lipinski definition) is 5. The van der Waals surface area contributed by atoms with Crippen molar-refractivity contribution >= 4 is 17.7 Å². The van der Waals surface area contributed by atoms with Crippen molar-refractivity contribution in [3.63, 3.8) is 0 Å². The fourth-order valence-electron chi connectivity index (χ4n) is 6.09. The average Bonchev–Trinajstić information content (AvgIpc) is 2.96. The van der Waals surface area contributed by atoms with Crippen molar-refractivity contribution in [1.82, 2.24) is 15.5 Å². The van der Waals surface area contributed by atoms with Crippen LogP contribution >= 0.6 is 0 Å². The molecule has 0 unspecified atom stereocenters. The Bertz CT molecular complexity index is 1170. The Morgan fingerprint density at radius 1 is 1.07 bits per heavy atom. The van der Waals surface area contributed by atoms with Gasteiger partial charge >= 0.3 is 6.03 Å². The SMILES string of the molecule is CCCC[C@H](CC(=O)[C@H](C(C)C)N1CCCNC1=O)C[C@H](O)[C@H](Cc1ccccc1)NC(=O)COc1c(C)cccc1C. The van der Waals surface area contributed by atoms with Gasteiger partial charge in [-0.15, -0.1) is 0 Å². The van der Waals surface area contributed by atoms with Crippen LogP contribution in [0.15, 0.2) is 48.5 Å². The number of ketones is 1. The van der Waals surface area contributed by atoms with Crippen LogP contribution in [0.4, 0.5) is 4.79 Å². The number of carbonyl (C=O) groups is 3. The molecule has 0 aliphatic carbocycles.